The number of aliphatic carboxylic acids is 1. The Hall–Kier alpha value is -1.06. The number of carboxylic acid groups (broad SMARTS) is 1. The van der Waals surface area contributed by atoms with Crippen molar-refractivity contribution in [3.05, 3.63) is 0 Å². The van der Waals surface area contributed by atoms with Gasteiger partial charge < -0.3 is 10.4 Å². The second-order valence-electron chi connectivity index (χ2n) is 8.60. The monoisotopic (exact) mass is 295 g/mol. The third-order valence-electron chi connectivity index (χ3n) is 5.07. The summed E-state index contributed by atoms with van der Waals surface area (Å²) >= 11 is 0. The average molecular weight is 295 g/mol. The van der Waals surface area contributed by atoms with E-state index in [4.69, 9.17) is 0 Å². The first-order valence-electron chi connectivity index (χ1n) is 8.13. The fourth-order valence-corrected chi connectivity index (χ4v) is 4.83. The van der Waals surface area contributed by atoms with E-state index in [0.29, 0.717) is 12.8 Å². The summed E-state index contributed by atoms with van der Waals surface area (Å²) in [5, 5.41) is 12.4. The van der Waals surface area contributed by atoms with Crippen molar-refractivity contribution in [3.63, 3.8) is 0 Å². The minimum atomic E-state index is -0.822. The van der Waals surface area contributed by atoms with Crippen LogP contribution < -0.4 is 5.32 Å². The number of amides is 1. The molecule has 0 aromatic carbocycles. The van der Waals surface area contributed by atoms with Gasteiger partial charge in [0, 0.05) is 6.04 Å². The van der Waals surface area contributed by atoms with E-state index < -0.39 is 11.9 Å². The van der Waals surface area contributed by atoms with E-state index in [1.807, 2.05) is 0 Å². The summed E-state index contributed by atoms with van der Waals surface area (Å²) in [7, 11) is 0. The quantitative estimate of drug-likeness (QED) is 0.840. The Labute approximate surface area is 127 Å². The van der Waals surface area contributed by atoms with Crippen molar-refractivity contribution in [2.75, 3.05) is 0 Å². The summed E-state index contributed by atoms with van der Waals surface area (Å²) in [4.78, 5) is 23.7. The highest BCUT2D eigenvalue weighted by atomic mass is 16.4. The van der Waals surface area contributed by atoms with E-state index in [-0.39, 0.29) is 28.7 Å². The molecule has 0 bridgehead atoms. The van der Waals surface area contributed by atoms with Gasteiger partial charge in [-0.25, -0.2) is 0 Å². The first-order valence-corrected chi connectivity index (χ1v) is 8.13. The van der Waals surface area contributed by atoms with Crippen LogP contribution in [0.25, 0.3) is 0 Å². The second-order valence-corrected chi connectivity index (χ2v) is 8.60. The first kappa shape index (κ1) is 16.3. The topological polar surface area (TPSA) is 66.4 Å². The van der Waals surface area contributed by atoms with Crippen molar-refractivity contribution in [3.8, 4) is 0 Å². The molecule has 2 aliphatic carbocycles. The van der Waals surface area contributed by atoms with E-state index in [1.54, 1.807) is 0 Å². The highest BCUT2D eigenvalue weighted by Gasteiger charge is 2.42. The van der Waals surface area contributed by atoms with Crippen LogP contribution in [0.3, 0.4) is 0 Å². The van der Waals surface area contributed by atoms with Crippen molar-refractivity contribution in [1.82, 2.24) is 5.32 Å². The van der Waals surface area contributed by atoms with Gasteiger partial charge in [0.2, 0.25) is 5.91 Å². The zero-order valence-electron chi connectivity index (χ0n) is 13.7. The number of carbonyl (C=O) groups is 2. The van der Waals surface area contributed by atoms with Crippen LogP contribution in [0.1, 0.15) is 66.2 Å². The van der Waals surface area contributed by atoms with Gasteiger partial charge in [0.15, 0.2) is 0 Å². The molecule has 2 unspecified atom stereocenters. The zero-order chi connectivity index (χ0) is 15.8. The predicted molar refractivity (Wildman–Crippen MR) is 81.8 cm³/mol. The molecule has 2 rings (SSSR count). The van der Waals surface area contributed by atoms with Crippen LogP contribution in [0.2, 0.25) is 0 Å². The summed E-state index contributed by atoms with van der Waals surface area (Å²) in [6.45, 7) is 9.01. The Morgan fingerprint density at radius 1 is 1.00 bits per heavy atom. The molecule has 0 aromatic rings. The maximum atomic E-state index is 12.5. The van der Waals surface area contributed by atoms with Gasteiger partial charge in [-0.15, -0.1) is 0 Å². The maximum absolute atomic E-state index is 12.5. The average Bonchev–Trinajstić information content (AvgIpc) is 2.72. The van der Waals surface area contributed by atoms with Gasteiger partial charge in [-0.3, -0.25) is 9.59 Å². The predicted octanol–water partition coefficient (Wildman–Crippen LogP) is 3.21. The lowest BCUT2D eigenvalue weighted by atomic mass is 9.63. The lowest BCUT2D eigenvalue weighted by Crippen LogP contribution is -2.48. The molecule has 2 aliphatic rings. The van der Waals surface area contributed by atoms with Crippen LogP contribution in [0.4, 0.5) is 0 Å². The molecule has 4 nitrogen and oxygen atoms in total. The van der Waals surface area contributed by atoms with Crippen molar-refractivity contribution in [2.45, 2.75) is 72.3 Å². The molecular weight excluding hydrogens is 266 g/mol. The van der Waals surface area contributed by atoms with Gasteiger partial charge in [-0.05, 0) is 42.9 Å². The van der Waals surface area contributed by atoms with Gasteiger partial charge in [0.1, 0.15) is 0 Å². The smallest absolute Gasteiger partial charge is 0.307 e. The SMILES string of the molecule is CC1(C)CC(NC(=O)C2CCCC2C(=O)O)CC(C)(C)C1. The van der Waals surface area contributed by atoms with Crippen LogP contribution in [0.15, 0.2) is 0 Å². The molecule has 2 N–H and O–H groups in total. The molecule has 0 radical (unpaired) electrons. The van der Waals surface area contributed by atoms with Crippen molar-refractivity contribution >= 4 is 11.9 Å². The Morgan fingerprint density at radius 2 is 1.52 bits per heavy atom. The second kappa shape index (κ2) is 5.62. The highest BCUT2D eigenvalue weighted by molar-refractivity contribution is 5.85. The number of carboxylic acids is 1. The Kier molecular flexibility index (Phi) is 4.36. The third-order valence-corrected chi connectivity index (χ3v) is 5.07. The van der Waals surface area contributed by atoms with Crippen molar-refractivity contribution in [1.29, 1.82) is 0 Å². The third kappa shape index (κ3) is 3.98. The van der Waals surface area contributed by atoms with Gasteiger partial charge in [0.25, 0.3) is 0 Å². The number of nitrogens with one attached hydrogen (secondary N) is 1. The van der Waals surface area contributed by atoms with E-state index in [9.17, 15) is 14.7 Å². The van der Waals surface area contributed by atoms with Crippen molar-refractivity contribution in [2.24, 2.45) is 22.7 Å². The van der Waals surface area contributed by atoms with Crippen molar-refractivity contribution < 1.29 is 14.7 Å². The van der Waals surface area contributed by atoms with Crippen LogP contribution in [0, 0.1) is 22.7 Å². The molecule has 0 heterocycles. The standard InChI is InChI=1S/C17H29NO3/c1-16(2)8-11(9-17(3,4)10-16)18-14(19)12-6-5-7-13(12)15(20)21/h11-13H,5-10H2,1-4H3,(H,18,19)(H,20,21). The number of carbonyl (C=O) groups excluding carboxylic acids is 1. The van der Waals surface area contributed by atoms with E-state index >= 15 is 0 Å². The highest BCUT2D eigenvalue weighted by Crippen LogP contribution is 2.45. The lowest BCUT2D eigenvalue weighted by molar-refractivity contribution is -0.146. The molecule has 2 fully saturated rings. The molecule has 0 aromatic heterocycles. The van der Waals surface area contributed by atoms with Crippen LogP contribution >= 0.6 is 0 Å². The summed E-state index contributed by atoms with van der Waals surface area (Å²) in [6, 6.07) is 0.172. The van der Waals surface area contributed by atoms with Gasteiger partial charge in [-0.1, -0.05) is 34.1 Å². The molecule has 1 amide bonds. The van der Waals surface area contributed by atoms with E-state index in [0.717, 1.165) is 25.7 Å². The normalized spacial score (nSPS) is 31.8. The summed E-state index contributed by atoms with van der Waals surface area (Å²) in [6.07, 6.45) is 5.31. The van der Waals surface area contributed by atoms with E-state index in [2.05, 4.69) is 33.0 Å². The minimum absolute atomic E-state index is 0.0431. The molecule has 0 saturated heterocycles. The molecule has 4 heteroatoms. The maximum Gasteiger partial charge on any atom is 0.307 e. The lowest BCUT2D eigenvalue weighted by Gasteiger charge is -2.45. The number of hydrogen-bond donors (Lipinski definition) is 2. The Bertz CT molecular complexity index is 412. The molecule has 0 aliphatic heterocycles. The summed E-state index contributed by atoms with van der Waals surface area (Å²) in [5.74, 6) is -1.69. The molecule has 2 saturated carbocycles. The zero-order valence-corrected chi connectivity index (χ0v) is 13.7. The summed E-state index contributed by atoms with van der Waals surface area (Å²) in [5.41, 5.74) is 0.448. The fraction of sp³-hybridized carbons (Fsp3) is 0.882. The van der Waals surface area contributed by atoms with E-state index in [1.165, 1.54) is 0 Å². The van der Waals surface area contributed by atoms with Crippen LogP contribution in [-0.2, 0) is 9.59 Å². The molecule has 0 spiro atoms. The Morgan fingerprint density at radius 3 is 2.05 bits per heavy atom. The summed E-state index contributed by atoms with van der Waals surface area (Å²) < 4.78 is 0. The largest absolute Gasteiger partial charge is 0.481 e. The van der Waals surface area contributed by atoms with Crippen LogP contribution in [-0.4, -0.2) is 23.0 Å². The minimum Gasteiger partial charge on any atom is -0.481 e. The van der Waals surface area contributed by atoms with Crippen LogP contribution in [0.5, 0.6) is 0 Å². The Balaban J connectivity index is 2.00. The number of hydrogen-bond acceptors (Lipinski definition) is 2. The first-order chi connectivity index (χ1) is 9.60. The number of rotatable bonds is 3. The molecule has 2 atom stereocenters. The van der Waals surface area contributed by atoms with Gasteiger partial charge >= 0.3 is 5.97 Å². The van der Waals surface area contributed by atoms with Gasteiger partial charge in [-0.2, -0.15) is 0 Å². The molecular formula is C17H29NO3. The molecule has 120 valence electrons. The van der Waals surface area contributed by atoms with Gasteiger partial charge in [0.05, 0.1) is 11.8 Å². The fourth-order valence-electron chi connectivity index (χ4n) is 4.83. The molecule has 21 heavy (non-hydrogen) atoms.